The van der Waals surface area contributed by atoms with Gasteiger partial charge in [-0.25, -0.2) is 9.07 Å². The van der Waals surface area contributed by atoms with E-state index in [0.717, 1.165) is 18.7 Å². The number of benzene rings is 1. The van der Waals surface area contributed by atoms with Gasteiger partial charge < -0.3 is 9.47 Å². The van der Waals surface area contributed by atoms with Crippen molar-refractivity contribution in [3.63, 3.8) is 0 Å². The van der Waals surface area contributed by atoms with Gasteiger partial charge in [0.15, 0.2) is 5.69 Å². The van der Waals surface area contributed by atoms with Crippen molar-refractivity contribution in [2.45, 2.75) is 44.6 Å². The molecule has 1 saturated carbocycles. The Labute approximate surface area is 167 Å². The van der Waals surface area contributed by atoms with Gasteiger partial charge in [0, 0.05) is 25.0 Å². The number of piperidine rings is 1. The first kappa shape index (κ1) is 18.0. The molecule has 0 radical (unpaired) electrons. The molecule has 3 heterocycles. The normalized spacial score (nSPS) is 19.5. The highest BCUT2D eigenvalue weighted by atomic mass is 19.1. The van der Waals surface area contributed by atoms with Gasteiger partial charge in [0.1, 0.15) is 18.0 Å². The van der Waals surface area contributed by atoms with Gasteiger partial charge in [0.2, 0.25) is 0 Å². The van der Waals surface area contributed by atoms with E-state index in [1.54, 1.807) is 16.8 Å². The number of likely N-dealkylation sites (tertiary alicyclic amines) is 1. The quantitative estimate of drug-likeness (QED) is 0.678. The summed E-state index contributed by atoms with van der Waals surface area (Å²) in [4.78, 5) is 15.0. The molecule has 9 heteroatoms. The summed E-state index contributed by atoms with van der Waals surface area (Å²) in [6.07, 6.45) is 6.07. The van der Waals surface area contributed by atoms with Crippen LogP contribution in [-0.4, -0.2) is 53.7 Å². The lowest BCUT2D eigenvalue weighted by atomic mass is 9.96. The SMILES string of the molecule is Cc1c(C(=O)N2CCCC(c3nncn3C3CC3)C2)nnn1-c1ccc(F)cc1. The first-order chi connectivity index (χ1) is 14.1. The average Bonchev–Trinajstić information content (AvgIpc) is 3.34. The molecule has 1 saturated heterocycles. The Hall–Kier alpha value is -3.10. The topological polar surface area (TPSA) is 81.7 Å². The summed E-state index contributed by atoms with van der Waals surface area (Å²) in [5.74, 6) is 0.721. The van der Waals surface area contributed by atoms with E-state index in [0.29, 0.717) is 36.2 Å². The Balaban J connectivity index is 1.36. The second-order valence-electron chi connectivity index (χ2n) is 7.83. The van der Waals surface area contributed by atoms with E-state index in [9.17, 15) is 9.18 Å². The van der Waals surface area contributed by atoms with Gasteiger partial charge in [-0.15, -0.1) is 15.3 Å². The summed E-state index contributed by atoms with van der Waals surface area (Å²) in [6.45, 7) is 3.10. The van der Waals surface area contributed by atoms with Crippen molar-refractivity contribution in [2.75, 3.05) is 13.1 Å². The summed E-state index contributed by atoms with van der Waals surface area (Å²) in [5.41, 5.74) is 1.65. The van der Waals surface area contributed by atoms with Crippen LogP contribution in [0.15, 0.2) is 30.6 Å². The summed E-state index contributed by atoms with van der Waals surface area (Å²) in [7, 11) is 0. The van der Waals surface area contributed by atoms with Gasteiger partial charge in [0.05, 0.1) is 11.4 Å². The number of hydrogen-bond acceptors (Lipinski definition) is 5. The Morgan fingerprint density at radius 1 is 1.14 bits per heavy atom. The zero-order valence-electron chi connectivity index (χ0n) is 16.2. The lowest BCUT2D eigenvalue weighted by molar-refractivity contribution is 0.0696. The molecule has 150 valence electrons. The van der Waals surface area contributed by atoms with Crippen LogP contribution < -0.4 is 0 Å². The molecule has 0 N–H and O–H groups in total. The van der Waals surface area contributed by atoms with Crippen LogP contribution in [-0.2, 0) is 0 Å². The van der Waals surface area contributed by atoms with Gasteiger partial charge in [-0.2, -0.15) is 0 Å². The van der Waals surface area contributed by atoms with Crippen molar-refractivity contribution in [1.82, 2.24) is 34.7 Å². The molecule has 5 rings (SSSR count). The fourth-order valence-electron chi connectivity index (χ4n) is 4.05. The van der Waals surface area contributed by atoms with Gasteiger partial charge >= 0.3 is 0 Å². The van der Waals surface area contributed by atoms with Crippen LogP contribution >= 0.6 is 0 Å². The predicted octanol–water partition coefficient (Wildman–Crippen LogP) is 2.66. The maximum atomic E-state index is 13.2. The van der Waals surface area contributed by atoms with E-state index < -0.39 is 0 Å². The number of carbonyl (C=O) groups excluding carboxylic acids is 1. The van der Waals surface area contributed by atoms with Crippen LogP contribution in [0.4, 0.5) is 4.39 Å². The molecule has 2 fully saturated rings. The first-order valence-electron chi connectivity index (χ1n) is 9.98. The third kappa shape index (κ3) is 3.30. The van der Waals surface area contributed by atoms with Gasteiger partial charge in [-0.1, -0.05) is 5.21 Å². The molecule has 2 aliphatic rings. The minimum atomic E-state index is -0.318. The standard InChI is InChI=1S/C20H22FN7O/c1-13-18(23-25-28(13)17-6-4-15(21)5-7-17)20(29)26-10-2-3-14(11-26)19-24-22-12-27(19)16-8-9-16/h4-7,12,14,16H,2-3,8-11H2,1H3. The summed E-state index contributed by atoms with van der Waals surface area (Å²) >= 11 is 0. The van der Waals surface area contributed by atoms with Crippen molar-refractivity contribution < 1.29 is 9.18 Å². The summed E-state index contributed by atoms with van der Waals surface area (Å²) in [6, 6.07) is 6.48. The van der Waals surface area contributed by atoms with Crippen LogP contribution in [0, 0.1) is 12.7 Å². The fraction of sp³-hybridized carbons (Fsp3) is 0.450. The van der Waals surface area contributed by atoms with E-state index >= 15 is 0 Å². The number of amides is 1. The van der Waals surface area contributed by atoms with E-state index in [2.05, 4.69) is 25.1 Å². The van der Waals surface area contributed by atoms with Crippen molar-refractivity contribution in [1.29, 1.82) is 0 Å². The third-order valence-electron chi connectivity index (χ3n) is 5.78. The number of halogens is 1. The molecule has 1 aliphatic carbocycles. The lowest BCUT2D eigenvalue weighted by Gasteiger charge is -2.32. The van der Waals surface area contributed by atoms with Crippen molar-refractivity contribution in [2.24, 2.45) is 0 Å². The molecule has 0 bridgehead atoms. The highest BCUT2D eigenvalue weighted by Gasteiger charge is 2.33. The van der Waals surface area contributed by atoms with Crippen LogP contribution in [0.1, 0.15) is 59.6 Å². The van der Waals surface area contributed by atoms with Crippen molar-refractivity contribution >= 4 is 5.91 Å². The van der Waals surface area contributed by atoms with E-state index in [1.165, 1.54) is 25.0 Å². The second-order valence-corrected chi connectivity index (χ2v) is 7.83. The maximum Gasteiger partial charge on any atom is 0.276 e. The molecule has 0 spiro atoms. The molecule has 1 aliphatic heterocycles. The molecule has 8 nitrogen and oxygen atoms in total. The molecule has 1 aromatic carbocycles. The highest BCUT2D eigenvalue weighted by Crippen LogP contribution is 2.38. The van der Waals surface area contributed by atoms with Crippen molar-refractivity contribution in [3.05, 3.63) is 53.6 Å². The van der Waals surface area contributed by atoms with E-state index in [-0.39, 0.29) is 17.6 Å². The molecular weight excluding hydrogens is 373 g/mol. The number of nitrogens with zero attached hydrogens (tertiary/aromatic N) is 7. The lowest BCUT2D eigenvalue weighted by Crippen LogP contribution is -2.40. The molecule has 2 aromatic heterocycles. The zero-order chi connectivity index (χ0) is 20.0. The first-order valence-corrected chi connectivity index (χ1v) is 9.98. The maximum absolute atomic E-state index is 13.2. The van der Waals surface area contributed by atoms with Crippen LogP contribution in [0.2, 0.25) is 0 Å². The highest BCUT2D eigenvalue weighted by molar-refractivity contribution is 5.93. The van der Waals surface area contributed by atoms with E-state index in [4.69, 9.17) is 0 Å². The second kappa shape index (κ2) is 7.06. The largest absolute Gasteiger partial charge is 0.336 e. The number of carbonyl (C=O) groups is 1. The van der Waals surface area contributed by atoms with Gasteiger partial charge in [-0.05, 0) is 56.9 Å². The number of rotatable bonds is 4. The van der Waals surface area contributed by atoms with E-state index in [1.807, 2.05) is 18.2 Å². The molecule has 1 amide bonds. The third-order valence-corrected chi connectivity index (χ3v) is 5.78. The van der Waals surface area contributed by atoms with Gasteiger partial charge in [-0.3, -0.25) is 4.79 Å². The average molecular weight is 395 g/mol. The van der Waals surface area contributed by atoms with Gasteiger partial charge in [0.25, 0.3) is 5.91 Å². The Kier molecular flexibility index (Phi) is 4.37. The molecule has 1 unspecified atom stereocenters. The molecular formula is C20H22FN7O. The monoisotopic (exact) mass is 395 g/mol. The Morgan fingerprint density at radius 3 is 2.69 bits per heavy atom. The van der Waals surface area contributed by atoms with Crippen LogP contribution in [0.25, 0.3) is 5.69 Å². The fourth-order valence-corrected chi connectivity index (χ4v) is 4.05. The van der Waals surface area contributed by atoms with Crippen LogP contribution in [0.5, 0.6) is 0 Å². The Bertz CT molecular complexity index is 1040. The predicted molar refractivity (Wildman–Crippen MR) is 102 cm³/mol. The smallest absolute Gasteiger partial charge is 0.276 e. The van der Waals surface area contributed by atoms with Crippen molar-refractivity contribution in [3.8, 4) is 5.69 Å². The minimum Gasteiger partial charge on any atom is -0.336 e. The number of aromatic nitrogens is 6. The summed E-state index contributed by atoms with van der Waals surface area (Å²) in [5, 5.41) is 16.7. The molecule has 29 heavy (non-hydrogen) atoms. The summed E-state index contributed by atoms with van der Waals surface area (Å²) < 4.78 is 16.9. The zero-order valence-corrected chi connectivity index (χ0v) is 16.2. The van der Waals surface area contributed by atoms with Crippen LogP contribution in [0.3, 0.4) is 0 Å². The number of hydrogen-bond donors (Lipinski definition) is 0. The minimum absolute atomic E-state index is 0.127. The molecule has 3 aromatic rings. The molecule has 1 atom stereocenters. The Morgan fingerprint density at radius 2 is 1.93 bits per heavy atom.